The van der Waals surface area contributed by atoms with Gasteiger partial charge in [0.2, 0.25) is 10.0 Å². The topological polar surface area (TPSA) is 118 Å². The smallest absolute Gasteiger partial charge is 0.307 e. The minimum absolute atomic E-state index is 0.0869. The van der Waals surface area contributed by atoms with Crippen LogP contribution in [0.1, 0.15) is 17.4 Å². The largest absolute Gasteiger partial charge is 0.481 e. The number of aromatic nitrogens is 1. The maximum Gasteiger partial charge on any atom is 0.307 e. The standard InChI is InChI=1S/C11H17N3O5S/c1-7(11(16)17)5-13-20(18,19)8-4-9(10(15)12-2)14(3)6-8/h4,6-7,13H,5H2,1-3H3,(H,12,15)(H,16,17). The van der Waals surface area contributed by atoms with Crippen LogP contribution in [0.4, 0.5) is 0 Å². The van der Waals surface area contributed by atoms with Crippen molar-refractivity contribution in [1.82, 2.24) is 14.6 Å². The average Bonchev–Trinajstić information content (AvgIpc) is 2.77. The highest BCUT2D eigenvalue weighted by atomic mass is 32.2. The molecule has 0 fully saturated rings. The van der Waals surface area contributed by atoms with E-state index >= 15 is 0 Å². The summed E-state index contributed by atoms with van der Waals surface area (Å²) in [5, 5.41) is 11.1. The molecule has 1 aromatic heterocycles. The number of carboxylic acid groups (broad SMARTS) is 1. The van der Waals surface area contributed by atoms with Gasteiger partial charge in [0, 0.05) is 26.8 Å². The third-order valence-corrected chi connectivity index (χ3v) is 4.14. The van der Waals surface area contributed by atoms with Crippen molar-refractivity contribution in [3.05, 3.63) is 18.0 Å². The van der Waals surface area contributed by atoms with Crippen molar-refractivity contribution in [3.63, 3.8) is 0 Å². The summed E-state index contributed by atoms with van der Waals surface area (Å²) in [6, 6.07) is 1.23. The Morgan fingerprint density at radius 1 is 1.45 bits per heavy atom. The summed E-state index contributed by atoms with van der Waals surface area (Å²) in [5.41, 5.74) is 0.194. The molecule has 0 aliphatic heterocycles. The van der Waals surface area contributed by atoms with Gasteiger partial charge in [-0.2, -0.15) is 0 Å². The number of aryl methyl sites for hydroxylation is 1. The van der Waals surface area contributed by atoms with Gasteiger partial charge in [0.15, 0.2) is 0 Å². The molecule has 1 unspecified atom stereocenters. The van der Waals surface area contributed by atoms with Crippen LogP contribution in [0.15, 0.2) is 17.2 Å². The Morgan fingerprint density at radius 3 is 2.55 bits per heavy atom. The van der Waals surface area contributed by atoms with Gasteiger partial charge in [0.1, 0.15) is 10.6 Å². The van der Waals surface area contributed by atoms with E-state index in [1.165, 1.54) is 30.8 Å². The van der Waals surface area contributed by atoms with Crippen molar-refractivity contribution in [2.75, 3.05) is 13.6 Å². The Balaban J connectivity index is 2.94. The minimum atomic E-state index is -3.85. The molecule has 8 nitrogen and oxygen atoms in total. The Kier molecular flexibility index (Phi) is 4.90. The first-order valence-corrected chi connectivity index (χ1v) is 7.28. The molecule has 0 spiro atoms. The van der Waals surface area contributed by atoms with E-state index in [1.54, 1.807) is 7.05 Å². The van der Waals surface area contributed by atoms with Gasteiger partial charge in [-0.25, -0.2) is 13.1 Å². The zero-order valence-corrected chi connectivity index (χ0v) is 12.2. The Hall–Kier alpha value is -1.87. The van der Waals surface area contributed by atoms with Gasteiger partial charge in [-0.15, -0.1) is 0 Å². The van der Waals surface area contributed by atoms with Gasteiger partial charge >= 0.3 is 5.97 Å². The normalized spacial score (nSPS) is 12.9. The number of carboxylic acids is 1. The molecule has 0 bridgehead atoms. The molecule has 0 saturated heterocycles. The van der Waals surface area contributed by atoms with Gasteiger partial charge < -0.3 is 15.0 Å². The number of hydrogen-bond acceptors (Lipinski definition) is 4. The molecule has 3 N–H and O–H groups in total. The first kappa shape index (κ1) is 16.2. The van der Waals surface area contributed by atoms with Crippen LogP contribution >= 0.6 is 0 Å². The van der Waals surface area contributed by atoms with E-state index in [0.717, 1.165) is 0 Å². The van der Waals surface area contributed by atoms with Crippen molar-refractivity contribution in [1.29, 1.82) is 0 Å². The molecule has 1 heterocycles. The summed E-state index contributed by atoms with van der Waals surface area (Å²) in [4.78, 5) is 22.1. The third-order valence-electron chi connectivity index (χ3n) is 2.75. The third kappa shape index (κ3) is 3.58. The number of carbonyl (C=O) groups is 2. The molecule has 0 aliphatic rings. The lowest BCUT2D eigenvalue weighted by Crippen LogP contribution is -2.31. The van der Waals surface area contributed by atoms with Crippen molar-refractivity contribution in [2.24, 2.45) is 13.0 Å². The zero-order chi connectivity index (χ0) is 15.5. The first-order chi connectivity index (χ1) is 9.19. The number of nitrogens with one attached hydrogen (secondary N) is 2. The van der Waals surface area contributed by atoms with E-state index in [0.29, 0.717) is 0 Å². The Morgan fingerprint density at radius 2 is 2.05 bits per heavy atom. The minimum Gasteiger partial charge on any atom is -0.481 e. The van der Waals surface area contributed by atoms with Gasteiger partial charge in [-0.05, 0) is 6.07 Å². The fourth-order valence-electron chi connectivity index (χ4n) is 1.44. The maximum absolute atomic E-state index is 12.0. The Bertz CT molecular complexity index is 620. The highest BCUT2D eigenvalue weighted by Gasteiger charge is 2.21. The first-order valence-electron chi connectivity index (χ1n) is 5.80. The summed E-state index contributed by atoms with van der Waals surface area (Å²) in [5.74, 6) is -2.34. The molecule has 1 aromatic rings. The predicted octanol–water partition coefficient (Wildman–Crippen LogP) is -0.616. The van der Waals surface area contributed by atoms with E-state index in [1.807, 2.05) is 0 Å². The van der Waals surface area contributed by atoms with Crippen molar-refractivity contribution in [3.8, 4) is 0 Å². The Labute approximate surface area is 116 Å². The van der Waals surface area contributed by atoms with Crippen LogP contribution in [0.25, 0.3) is 0 Å². The van der Waals surface area contributed by atoms with Crippen LogP contribution in [0.5, 0.6) is 0 Å². The predicted molar refractivity (Wildman–Crippen MR) is 70.8 cm³/mol. The molecule has 0 radical (unpaired) electrons. The number of nitrogens with zero attached hydrogens (tertiary/aromatic N) is 1. The quantitative estimate of drug-likeness (QED) is 0.647. The lowest BCUT2D eigenvalue weighted by Gasteiger charge is -2.07. The van der Waals surface area contributed by atoms with Gasteiger partial charge in [0.25, 0.3) is 5.91 Å². The summed E-state index contributed by atoms with van der Waals surface area (Å²) < 4.78 is 27.6. The molecule has 1 atom stereocenters. The van der Waals surface area contributed by atoms with Crippen molar-refractivity contribution in [2.45, 2.75) is 11.8 Å². The lowest BCUT2D eigenvalue weighted by atomic mass is 10.2. The molecule has 20 heavy (non-hydrogen) atoms. The number of rotatable bonds is 6. The number of carbonyl (C=O) groups excluding carboxylic acids is 1. The molecular weight excluding hydrogens is 286 g/mol. The average molecular weight is 303 g/mol. The van der Waals surface area contributed by atoms with E-state index in [-0.39, 0.29) is 17.1 Å². The highest BCUT2D eigenvalue weighted by molar-refractivity contribution is 7.89. The summed E-state index contributed by atoms with van der Waals surface area (Å²) in [6.07, 6.45) is 1.29. The maximum atomic E-state index is 12.0. The van der Waals surface area contributed by atoms with Crippen molar-refractivity contribution >= 4 is 21.9 Å². The molecule has 112 valence electrons. The number of hydrogen-bond donors (Lipinski definition) is 3. The molecule has 9 heteroatoms. The second-order valence-corrected chi connectivity index (χ2v) is 6.11. The summed E-state index contributed by atoms with van der Waals surface area (Å²) in [6.45, 7) is 1.17. The summed E-state index contributed by atoms with van der Waals surface area (Å²) in [7, 11) is -0.861. The van der Waals surface area contributed by atoms with Crippen LogP contribution in [0.2, 0.25) is 0 Å². The number of sulfonamides is 1. The van der Waals surface area contributed by atoms with Crippen LogP contribution in [0.3, 0.4) is 0 Å². The van der Waals surface area contributed by atoms with Gasteiger partial charge in [-0.3, -0.25) is 9.59 Å². The molecule has 1 rings (SSSR count). The number of amides is 1. The van der Waals surface area contributed by atoms with Crippen LogP contribution in [0, 0.1) is 5.92 Å². The van der Waals surface area contributed by atoms with E-state index < -0.39 is 27.8 Å². The van der Waals surface area contributed by atoms with E-state index in [2.05, 4.69) is 10.0 Å². The lowest BCUT2D eigenvalue weighted by molar-refractivity contribution is -0.140. The van der Waals surface area contributed by atoms with Crippen LogP contribution in [-0.2, 0) is 21.9 Å². The molecule has 1 amide bonds. The monoisotopic (exact) mass is 303 g/mol. The highest BCUT2D eigenvalue weighted by Crippen LogP contribution is 2.13. The van der Waals surface area contributed by atoms with Crippen molar-refractivity contribution < 1.29 is 23.1 Å². The van der Waals surface area contributed by atoms with Gasteiger partial charge in [0.05, 0.1) is 5.92 Å². The summed E-state index contributed by atoms with van der Waals surface area (Å²) >= 11 is 0. The van der Waals surface area contributed by atoms with E-state index in [9.17, 15) is 18.0 Å². The van der Waals surface area contributed by atoms with Crippen LogP contribution < -0.4 is 10.0 Å². The second-order valence-electron chi connectivity index (χ2n) is 4.34. The second kappa shape index (κ2) is 6.06. The van der Waals surface area contributed by atoms with Gasteiger partial charge in [-0.1, -0.05) is 6.92 Å². The fraction of sp³-hybridized carbons (Fsp3) is 0.455. The fourth-order valence-corrected chi connectivity index (χ4v) is 2.64. The van der Waals surface area contributed by atoms with E-state index in [4.69, 9.17) is 5.11 Å². The number of aliphatic carboxylic acids is 1. The molecule has 0 aliphatic carbocycles. The zero-order valence-electron chi connectivity index (χ0n) is 11.4. The van der Waals surface area contributed by atoms with Crippen LogP contribution in [-0.4, -0.2) is 43.6 Å². The molecule has 0 saturated carbocycles. The SMILES string of the molecule is CNC(=O)c1cc(S(=O)(=O)NCC(C)C(=O)O)cn1C. The molecular formula is C11H17N3O5S. The molecule has 0 aromatic carbocycles.